The van der Waals surface area contributed by atoms with E-state index in [0.717, 1.165) is 34.8 Å². The number of aromatic amines is 1. The maximum atomic E-state index is 12.5. The molecule has 6 heteroatoms. The van der Waals surface area contributed by atoms with E-state index in [1.54, 1.807) is 12.1 Å². The van der Waals surface area contributed by atoms with E-state index < -0.39 is 6.09 Å². The van der Waals surface area contributed by atoms with E-state index in [1.807, 2.05) is 42.5 Å². The first-order valence-corrected chi connectivity index (χ1v) is 10.2. The van der Waals surface area contributed by atoms with E-state index in [0.29, 0.717) is 11.1 Å². The van der Waals surface area contributed by atoms with Gasteiger partial charge in [0.2, 0.25) is 0 Å². The molecule has 2 N–H and O–H groups in total. The molecular formula is C22H23BrN2O3. The first-order chi connectivity index (χ1) is 13.6. The van der Waals surface area contributed by atoms with Gasteiger partial charge in [-0.3, -0.25) is 4.79 Å². The minimum Gasteiger partial charge on any atom is -0.445 e. The fourth-order valence-corrected chi connectivity index (χ4v) is 3.41. The third-order valence-electron chi connectivity index (χ3n) is 4.54. The number of unbranched alkanes of at least 4 members (excludes halogenated alkanes) is 1. The molecule has 1 aromatic heterocycles. The number of halogens is 1. The number of hydrogen-bond acceptors (Lipinski definition) is 3. The second-order valence-corrected chi connectivity index (χ2v) is 7.60. The molecular weight excluding hydrogens is 420 g/mol. The highest BCUT2D eigenvalue weighted by Gasteiger charge is 2.17. The number of alkyl carbamates (subject to hydrolysis) is 1. The lowest BCUT2D eigenvalue weighted by atomic mass is 10.0. The van der Waals surface area contributed by atoms with Crippen molar-refractivity contribution in [3.05, 3.63) is 80.6 Å². The highest BCUT2D eigenvalue weighted by molar-refractivity contribution is 9.10. The summed E-state index contributed by atoms with van der Waals surface area (Å²) in [6.45, 7) is 2.29. The van der Waals surface area contributed by atoms with Crippen molar-refractivity contribution in [2.45, 2.75) is 38.8 Å². The molecule has 0 saturated heterocycles. The zero-order valence-corrected chi connectivity index (χ0v) is 17.3. The summed E-state index contributed by atoms with van der Waals surface area (Å²) in [7, 11) is 0. The van der Waals surface area contributed by atoms with Crippen molar-refractivity contribution in [2.75, 3.05) is 0 Å². The second kappa shape index (κ2) is 9.55. The summed E-state index contributed by atoms with van der Waals surface area (Å²) < 4.78 is 6.20. The van der Waals surface area contributed by atoms with Gasteiger partial charge in [0.05, 0.1) is 6.04 Å². The zero-order chi connectivity index (χ0) is 19.9. The number of fused-ring (bicyclic) bond motifs is 1. The third-order valence-corrected chi connectivity index (χ3v) is 5.03. The summed E-state index contributed by atoms with van der Waals surface area (Å²) >= 11 is 3.39. The number of carbonyl (C=O) groups excluding carboxylic acids is 1. The minimum absolute atomic E-state index is 0.0778. The maximum absolute atomic E-state index is 12.5. The van der Waals surface area contributed by atoms with Crippen LogP contribution in [0.1, 0.15) is 43.5 Å². The summed E-state index contributed by atoms with van der Waals surface area (Å²) in [6.07, 6.45) is 2.13. The number of H-pyrrole nitrogens is 1. The average Bonchev–Trinajstić information content (AvgIpc) is 2.70. The Balaban J connectivity index is 1.77. The lowest BCUT2D eigenvalue weighted by molar-refractivity contribution is 0.134. The SMILES string of the molecule is CCCC[C@H](NC(=O)OCc1ccccc1)c1cc(=O)c2cc(Br)ccc2[nH]1. The molecule has 0 aliphatic carbocycles. The summed E-state index contributed by atoms with van der Waals surface area (Å²) in [5.74, 6) is 0. The topological polar surface area (TPSA) is 71.2 Å². The van der Waals surface area contributed by atoms with Crippen LogP contribution in [0.2, 0.25) is 0 Å². The summed E-state index contributed by atoms with van der Waals surface area (Å²) in [5, 5.41) is 3.51. The fourth-order valence-electron chi connectivity index (χ4n) is 3.05. The predicted molar refractivity (Wildman–Crippen MR) is 114 cm³/mol. The van der Waals surface area contributed by atoms with E-state index in [9.17, 15) is 9.59 Å². The standard InChI is InChI=1S/C22H23BrN2O3/c1-2-3-9-19(25-22(27)28-14-15-7-5-4-6-8-15)20-13-21(26)17-12-16(23)10-11-18(17)24-20/h4-8,10-13,19H,2-3,9,14H2,1H3,(H,24,26)(H,25,27)/t19-/m0/s1. The molecule has 1 amide bonds. The molecule has 0 saturated carbocycles. The van der Waals surface area contributed by atoms with E-state index in [2.05, 4.69) is 33.2 Å². The Bertz CT molecular complexity index is 1000. The van der Waals surface area contributed by atoms with Crippen LogP contribution >= 0.6 is 15.9 Å². The molecule has 0 unspecified atom stereocenters. The quantitative estimate of drug-likeness (QED) is 0.510. The maximum Gasteiger partial charge on any atom is 0.408 e. The van der Waals surface area contributed by atoms with Gasteiger partial charge in [-0.2, -0.15) is 0 Å². The largest absolute Gasteiger partial charge is 0.445 e. The van der Waals surface area contributed by atoms with Crippen LogP contribution in [0.15, 0.2) is 63.9 Å². The third kappa shape index (κ3) is 5.23. The number of benzene rings is 2. The number of carbonyl (C=O) groups is 1. The van der Waals surface area contributed by atoms with Crippen molar-refractivity contribution in [1.29, 1.82) is 0 Å². The average molecular weight is 443 g/mol. The summed E-state index contributed by atoms with van der Waals surface area (Å²) in [4.78, 5) is 28.2. The molecule has 0 aliphatic heterocycles. The Kier molecular flexibility index (Phi) is 6.87. The van der Waals surface area contributed by atoms with Crippen LogP contribution < -0.4 is 10.7 Å². The molecule has 0 bridgehead atoms. The van der Waals surface area contributed by atoms with Gasteiger partial charge in [0.15, 0.2) is 5.43 Å². The van der Waals surface area contributed by atoms with Crippen molar-refractivity contribution in [3.63, 3.8) is 0 Å². The van der Waals surface area contributed by atoms with E-state index in [4.69, 9.17) is 4.74 Å². The van der Waals surface area contributed by atoms with Crippen LogP contribution in [0.25, 0.3) is 10.9 Å². The van der Waals surface area contributed by atoms with Gasteiger partial charge in [-0.05, 0) is 30.2 Å². The molecule has 28 heavy (non-hydrogen) atoms. The Morgan fingerprint density at radius 3 is 2.71 bits per heavy atom. The molecule has 0 aliphatic rings. The Hall–Kier alpha value is -2.60. The van der Waals surface area contributed by atoms with Crippen LogP contribution in [-0.4, -0.2) is 11.1 Å². The number of amides is 1. The molecule has 0 spiro atoms. The fraction of sp³-hybridized carbons (Fsp3) is 0.273. The lowest BCUT2D eigenvalue weighted by Gasteiger charge is -2.19. The second-order valence-electron chi connectivity index (χ2n) is 6.68. The van der Waals surface area contributed by atoms with Crippen LogP contribution in [0.3, 0.4) is 0 Å². The van der Waals surface area contributed by atoms with Gasteiger partial charge in [-0.15, -0.1) is 0 Å². The molecule has 0 radical (unpaired) electrons. The number of pyridine rings is 1. The number of aromatic nitrogens is 1. The highest BCUT2D eigenvalue weighted by atomic mass is 79.9. The zero-order valence-electron chi connectivity index (χ0n) is 15.7. The van der Waals surface area contributed by atoms with Crippen molar-refractivity contribution in [2.24, 2.45) is 0 Å². The van der Waals surface area contributed by atoms with Crippen molar-refractivity contribution < 1.29 is 9.53 Å². The summed E-state index contributed by atoms with van der Waals surface area (Å²) in [6, 6.07) is 16.3. The van der Waals surface area contributed by atoms with Gasteiger partial charge in [-0.25, -0.2) is 4.79 Å². The van der Waals surface area contributed by atoms with Gasteiger partial charge in [0.25, 0.3) is 0 Å². The Morgan fingerprint density at radius 1 is 1.18 bits per heavy atom. The smallest absolute Gasteiger partial charge is 0.408 e. The van der Waals surface area contributed by atoms with E-state index in [-0.39, 0.29) is 18.1 Å². The predicted octanol–water partition coefficient (Wildman–Crippen LogP) is 5.45. The molecule has 3 rings (SSSR count). The molecule has 146 valence electrons. The van der Waals surface area contributed by atoms with Crippen molar-refractivity contribution in [1.82, 2.24) is 10.3 Å². The Morgan fingerprint density at radius 2 is 1.96 bits per heavy atom. The summed E-state index contributed by atoms with van der Waals surface area (Å²) in [5.41, 5.74) is 2.27. The van der Waals surface area contributed by atoms with Crippen LogP contribution in [0.5, 0.6) is 0 Å². The molecule has 3 aromatic rings. The van der Waals surface area contributed by atoms with Crippen molar-refractivity contribution >= 4 is 32.9 Å². The number of ether oxygens (including phenoxy) is 1. The van der Waals surface area contributed by atoms with E-state index in [1.165, 1.54) is 0 Å². The van der Waals surface area contributed by atoms with Gasteiger partial charge in [0.1, 0.15) is 6.61 Å². The number of nitrogens with one attached hydrogen (secondary N) is 2. The molecule has 0 fully saturated rings. The number of rotatable bonds is 7. The monoisotopic (exact) mass is 442 g/mol. The van der Waals surface area contributed by atoms with Gasteiger partial charge in [0, 0.05) is 27.1 Å². The van der Waals surface area contributed by atoms with Gasteiger partial charge < -0.3 is 15.0 Å². The van der Waals surface area contributed by atoms with Crippen LogP contribution in [-0.2, 0) is 11.3 Å². The van der Waals surface area contributed by atoms with Gasteiger partial charge in [-0.1, -0.05) is 66.0 Å². The normalized spacial score (nSPS) is 11.9. The number of hydrogen-bond donors (Lipinski definition) is 2. The first-order valence-electron chi connectivity index (χ1n) is 9.36. The van der Waals surface area contributed by atoms with Gasteiger partial charge >= 0.3 is 6.09 Å². The van der Waals surface area contributed by atoms with E-state index >= 15 is 0 Å². The lowest BCUT2D eigenvalue weighted by Crippen LogP contribution is -2.30. The Labute approximate surface area is 172 Å². The van der Waals surface area contributed by atoms with Crippen molar-refractivity contribution in [3.8, 4) is 0 Å². The molecule has 1 atom stereocenters. The molecule has 1 heterocycles. The van der Waals surface area contributed by atoms with Crippen LogP contribution in [0.4, 0.5) is 4.79 Å². The first kappa shape index (κ1) is 20.1. The van der Waals surface area contributed by atoms with Crippen LogP contribution in [0, 0.1) is 0 Å². The molecule has 5 nitrogen and oxygen atoms in total. The highest BCUT2D eigenvalue weighted by Crippen LogP contribution is 2.21. The molecule has 2 aromatic carbocycles. The minimum atomic E-state index is -0.498.